The minimum atomic E-state index is -0.417. The number of Topliss-reactive ketones (excluding diaryl/α,β-unsaturated/α-hetero) is 1. The third-order valence-corrected chi connectivity index (χ3v) is 8.44. The highest BCUT2D eigenvalue weighted by molar-refractivity contribution is 5.96. The Morgan fingerprint density at radius 3 is 2.61 bits per heavy atom. The highest BCUT2D eigenvalue weighted by Crippen LogP contribution is 2.58. The first-order valence-corrected chi connectivity index (χ1v) is 13.5. The lowest BCUT2D eigenvalue weighted by atomic mass is 9.53. The van der Waals surface area contributed by atoms with Crippen molar-refractivity contribution in [1.29, 1.82) is 0 Å². The summed E-state index contributed by atoms with van der Waals surface area (Å²) in [7, 11) is 5.32. The number of esters is 1. The Hall–Kier alpha value is -2.60. The molecular weight excluding hydrogens is 454 g/mol. The Balaban J connectivity index is 1.55. The summed E-state index contributed by atoms with van der Waals surface area (Å²) in [6.45, 7) is 4.66. The molecule has 1 aromatic carbocycles. The van der Waals surface area contributed by atoms with Crippen LogP contribution in [0.15, 0.2) is 36.6 Å². The quantitative estimate of drug-likeness (QED) is 0.165. The van der Waals surface area contributed by atoms with Crippen molar-refractivity contribution in [2.45, 2.75) is 82.1 Å². The number of methoxy groups -OCH3 is 2. The lowest BCUT2D eigenvalue weighted by molar-refractivity contribution is -0.134. The first-order chi connectivity index (χ1) is 17.4. The fraction of sp³-hybridized carbons (Fsp3) is 0.600. The number of likely N-dealkylation sites (tertiary alicyclic amines) is 1. The summed E-state index contributed by atoms with van der Waals surface area (Å²) in [5.74, 6) is 1.42. The molecule has 1 heterocycles. The molecule has 6 nitrogen and oxygen atoms in total. The smallest absolute Gasteiger partial charge is 0.311 e. The van der Waals surface area contributed by atoms with Gasteiger partial charge in [-0.2, -0.15) is 0 Å². The van der Waals surface area contributed by atoms with Gasteiger partial charge < -0.3 is 19.1 Å². The zero-order valence-corrected chi connectivity index (χ0v) is 22.1. The van der Waals surface area contributed by atoms with Crippen LogP contribution in [0, 0.1) is 5.92 Å². The van der Waals surface area contributed by atoms with E-state index < -0.39 is 5.41 Å². The van der Waals surface area contributed by atoms with E-state index in [-0.39, 0.29) is 23.7 Å². The van der Waals surface area contributed by atoms with Gasteiger partial charge in [-0.25, -0.2) is 0 Å². The van der Waals surface area contributed by atoms with Crippen molar-refractivity contribution in [2.24, 2.45) is 5.92 Å². The number of rotatable bonds is 12. The number of hydrogen-bond acceptors (Lipinski definition) is 6. The van der Waals surface area contributed by atoms with Crippen LogP contribution in [-0.2, 0) is 26.2 Å². The molecule has 0 N–H and O–H groups in total. The maximum atomic E-state index is 13.1. The number of ketones is 1. The van der Waals surface area contributed by atoms with Crippen molar-refractivity contribution >= 4 is 11.8 Å². The maximum Gasteiger partial charge on any atom is 0.311 e. The summed E-state index contributed by atoms with van der Waals surface area (Å²) in [4.78, 5) is 28.5. The van der Waals surface area contributed by atoms with Crippen molar-refractivity contribution in [3.63, 3.8) is 0 Å². The summed E-state index contributed by atoms with van der Waals surface area (Å²) in [5.41, 5.74) is 1.72. The largest absolute Gasteiger partial charge is 0.493 e. The third kappa shape index (κ3) is 5.10. The van der Waals surface area contributed by atoms with Crippen LogP contribution < -0.4 is 9.47 Å². The van der Waals surface area contributed by atoms with Crippen LogP contribution in [0.2, 0.25) is 0 Å². The number of hydrogen-bond donors (Lipinski definition) is 0. The van der Waals surface area contributed by atoms with Crippen molar-refractivity contribution < 1.29 is 23.8 Å². The molecule has 1 saturated heterocycles. The fourth-order valence-corrected chi connectivity index (χ4v) is 6.54. The molecule has 0 saturated carbocycles. The van der Waals surface area contributed by atoms with Gasteiger partial charge in [0.2, 0.25) is 0 Å². The van der Waals surface area contributed by atoms with Crippen LogP contribution in [0.25, 0.3) is 0 Å². The molecule has 2 bridgehead atoms. The monoisotopic (exact) mass is 495 g/mol. The second kappa shape index (κ2) is 11.6. The number of piperidine rings is 1. The van der Waals surface area contributed by atoms with E-state index in [0.29, 0.717) is 30.1 Å². The highest BCUT2D eigenvalue weighted by Gasteiger charge is 2.56. The first kappa shape index (κ1) is 26.5. The Morgan fingerprint density at radius 1 is 1.14 bits per heavy atom. The van der Waals surface area contributed by atoms with E-state index in [1.807, 2.05) is 18.2 Å². The van der Waals surface area contributed by atoms with Gasteiger partial charge in [-0.05, 0) is 63.4 Å². The predicted octanol–water partition coefficient (Wildman–Crippen LogP) is 5.52. The Morgan fingerprint density at radius 2 is 1.89 bits per heavy atom. The molecule has 2 aliphatic carbocycles. The third-order valence-electron chi connectivity index (χ3n) is 8.44. The van der Waals surface area contributed by atoms with Crippen LogP contribution in [0.1, 0.15) is 75.3 Å². The molecule has 4 rings (SSSR count). The van der Waals surface area contributed by atoms with Gasteiger partial charge in [-0.3, -0.25) is 9.59 Å². The van der Waals surface area contributed by atoms with Crippen LogP contribution in [0.5, 0.6) is 11.5 Å². The Bertz CT molecular complexity index is 1010. The highest BCUT2D eigenvalue weighted by atomic mass is 16.6. The minimum absolute atomic E-state index is 0.0121. The summed E-state index contributed by atoms with van der Waals surface area (Å²) in [6.07, 6.45) is 14.0. The van der Waals surface area contributed by atoms with E-state index in [2.05, 4.69) is 24.6 Å². The summed E-state index contributed by atoms with van der Waals surface area (Å²) >= 11 is 0. The zero-order valence-electron chi connectivity index (χ0n) is 22.1. The molecule has 0 spiro atoms. The van der Waals surface area contributed by atoms with E-state index in [1.54, 1.807) is 14.2 Å². The Kier molecular flexibility index (Phi) is 8.55. The zero-order chi connectivity index (χ0) is 25.7. The van der Waals surface area contributed by atoms with Gasteiger partial charge in [0.1, 0.15) is 0 Å². The van der Waals surface area contributed by atoms with Crippen LogP contribution >= 0.6 is 0 Å². The molecule has 196 valence electrons. The van der Waals surface area contributed by atoms with Crippen LogP contribution in [0.3, 0.4) is 0 Å². The predicted molar refractivity (Wildman–Crippen MR) is 140 cm³/mol. The van der Waals surface area contributed by atoms with Crippen molar-refractivity contribution in [3.8, 4) is 11.5 Å². The number of nitrogens with zero attached hydrogens (tertiary/aromatic N) is 1. The number of allylic oxidation sites excluding steroid dienone is 2. The molecular formula is C30H41NO5. The van der Waals surface area contributed by atoms with E-state index in [0.717, 1.165) is 56.2 Å². The number of ether oxygens (including phenoxy) is 3. The summed E-state index contributed by atoms with van der Waals surface area (Å²) < 4.78 is 17.2. The van der Waals surface area contributed by atoms with E-state index >= 15 is 0 Å². The molecule has 36 heavy (non-hydrogen) atoms. The van der Waals surface area contributed by atoms with Gasteiger partial charge in [0.15, 0.2) is 23.0 Å². The van der Waals surface area contributed by atoms with E-state index in [1.165, 1.54) is 19.3 Å². The molecule has 1 aromatic rings. The van der Waals surface area contributed by atoms with Gasteiger partial charge in [0.05, 0.1) is 14.2 Å². The standard InChI is InChI=1S/C30H41NO5/c1-5-6-7-8-9-10-11-12-13-27(33)36-29-25(34-3)15-14-21-18-23-22-19-26(35-4)24(32)20-30(22,28(21)29)16-17-31(23)2/h5,14-15,19,22-23H,1,6-13,16-18,20H2,2-4H3/t22-,23+,30-/m1/s1. The number of unbranched alkanes of at least 4 members (excludes halogenated alkanes) is 6. The topological polar surface area (TPSA) is 65.1 Å². The van der Waals surface area contributed by atoms with E-state index in [9.17, 15) is 9.59 Å². The first-order valence-electron chi connectivity index (χ1n) is 13.5. The average molecular weight is 496 g/mol. The van der Waals surface area contributed by atoms with Gasteiger partial charge in [-0.15, -0.1) is 6.58 Å². The number of fused-ring (bicyclic) bond motifs is 1. The maximum absolute atomic E-state index is 13.1. The molecule has 0 amide bonds. The summed E-state index contributed by atoms with van der Waals surface area (Å²) in [5, 5.41) is 0. The van der Waals surface area contributed by atoms with Crippen molar-refractivity contribution in [1.82, 2.24) is 4.90 Å². The lowest BCUT2D eigenvalue weighted by Gasteiger charge is -2.56. The summed E-state index contributed by atoms with van der Waals surface area (Å²) in [6, 6.07) is 4.26. The molecule has 1 aliphatic heterocycles. The van der Waals surface area contributed by atoms with Crippen molar-refractivity contribution in [2.75, 3.05) is 27.8 Å². The molecule has 1 fully saturated rings. The lowest BCUT2D eigenvalue weighted by Crippen LogP contribution is -2.60. The second-order valence-electron chi connectivity index (χ2n) is 10.6. The van der Waals surface area contributed by atoms with Gasteiger partial charge >= 0.3 is 5.97 Å². The molecule has 6 heteroatoms. The van der Waals surface area contributed by atoms with Crippen molar-refractivity contribution in [3.05, 3.63) is 47.7 Å². The second-order valence-corrected chi connectivity index (χ2v) is 10.6. The van der Waals surface area contributed by atoms with Gasteiger partial charge in [-0.1, -0.05) is 37.8 Å². The molecule has 0 radical (unpaired) electrons. The van der Waals surface area contributed by atoms with Crippen LogP contribution in [0.4, 0.5) is 0 Å². The molecule has 0 aromatic heterocycles. The van der Waals surface area contributed by atoms with E-state index in [4.69, 9.17) is 14.2 Å². The fourth-order valence-electron chi connectivity index (χ4n) is 6.54. The number of carbonyl (C=O) groups excluding carboxylic acids is 2. The van der Waals surface area contributed by atoms with Gasteiger partial charge in [0.25, 0.3) is 0 Å². The SMILES string of the molecule is C=CCCCCCCCCC(=O)Oc1c(OC)ccc2c1[C@@]13CCN(C)[C@@H](C2)[C@H]1C=C(OC)C(=O)C3. The Labute approximate surface area is 215 Å². The molecule has 3 atom stereocenters. The molecule has 3 aliphatic rings. The molecule has 0 unspecified atom stereocenters. The van der Waals surface area contributed by atoms with Crippen LogP contribution in [-0.4, -0.2) is 50.5 Å². The number of carbonyl (C=O) groups is 2. The number of benzene rings is 1. The average Bonchev–Trinajstić information content (AvgIpc) is 2.87. The normalized spacial score (nSPS) is 24.9. The van der Waals surface area contributed by atoms with Gasteiger partial charge in [0, 0.05) is 35.8 Å². The number of likely N-dealkylation sites (N-methyl/N-ethyl adjacent to an activating group) is 1. The minimum Gasteiger partial charge on any atom is -0.493 e.